The molecule has 8 heteroatoms. The number of rotatable bonds is 5. The van der Waals surface area contributed by atoms with E-state index >= 15 is 0 Å². The molecule has 1 amide bonds. The Morgan fingerprint density at radius 1 is 1.08 bits per heavy atom. The van der Waals surface area contributed by atoms with E-state index in [0.29, 0.717) is 36.4 Å². The van der Waals surface area contributed by atoms with E-state index in [1.54, 1.807) is 34.5 Å². The number of aromatic nitrogens is 3. The van der Waals surface area contributed by atoms with Crippen LogP contribution < -0.4 is 5.62 Å². The molecule has 5 rings (SSSR count). The molecule has 0 unspecified atom stereocenters. The van der Waals surface area contributed by atoms with Gasteiger partial charge in [0.1, 0.15) is 5.82 Å². The van der Waals surface area contributed by atoms with Gasteiger partial charge in [-0.1, -0.05) is 6.07 Å². The van der Waals surface area contributed by atoms with Gasteiger partial charge in [0.2, 0.25) is 5.62 Å². The number of pyridine rings is 1. The minimum Gasteiger partial charge on any atom is -0.368 e. The quantitative estimate of drug-likeness (QED) is 0.450. The summed E-state index contributed by atoms with van der Waals surface area (Å²) >= 11 is 0. The van der Waals surface area contributed by atoms with E-state index in [2.05, 4.69) is 4.98 Å². The number of imidazole rings is 1. The molecule has 2 aromatic heterocycles. The highest BCUT2D eigenvalue weighted by atomic mass is 19.1. The highest BCUT2D eigenvalue weighted by molar-refractivity contribution is 5.99. The second-order valence-corrected chi connectivity index (χ2v) is 9.37. The summed E-state index contributed by atoms with van der Waals surface area (Å²) in [6.45, 7) is 4.50. The second kappa shape index (κ2) is 9.20. The molecule has 1 aliphatic rings. The van der Waals surface area contributed by atoms with Crippen LogP contribution in [0.4, 0.5) is 4.39 Å². The molecule has 4 aromatic rings. The number of carbonyl (C=O) groups is 1. The van der Waals surface area contributed by atoms with Crippen molar-refractivity contribution >= 4 is 5.91 Å². The average molecular weight is 486 g/mol. The van der Waals surface area contributed by atoms with Crippen LogP contribution in [0.5, 0.6) is 0 Å². The van der Waals surface area contributed by atoms with Crippen LogP contribution in [0.2, 0.25) is 0 Å². The standard InChI is InChI=1S/C28H28FN5O2/c1-17-6-8-31-25(12-17)27(36)34-9-7-22-23(21-5-4-20(29)13-18(21)2)14-19(15-24(22)26(34)35)16-33-11-10-32(3)28(33)30/h4-6,8,10-15,27,30,36H,7,9,16H2,1-3H3/t27-/m1/s1. The average Bonchev–Trinajstić information content (AvgIpc) is 3.16. The molecule has 184 valence electrons. The molecular formula is C28H28FN5O2. The van der Waals surface area contributed by atoms with Crippen molar-refractivity contribution in [3.8, 4) is 11.1 Å². The zero-order chi connectivity index (χ0) is 25.6. The van der Waals surface area contributed by atoms with Crippen molar-refractivity contribution < 1.29 is 14.3 Å². The van der Waals surface area contributed by atoms with Crippen molar-refractivity contribution in [2.24, 2.45) is 7.05 Å². The van der Waals surface area contributed by atoms with Gasteiger partial charge in [-0.05, 0) is 90.0 Å². The van der Waals surface area contributed by atoms with Crippen LogP contribution in [-0.2, 0) is 20.0 Å². The van der Waals surface area contributed by atoms with Gasteiger partial charge in [0, 0.05) is 37.7 Å². The van der Waals surface area contributed by atoms with Crippen LogP contribution in [-0.4, -0.2) is 36.6 Å². The summed E-state index contributed by atoms with van der Waals surface area (Å²) in [5, 5.41) is 19.3. The Hall–Kier alpha value is -4.04. The molecule has 0 saturated heterocycles. The van der Waals surface area contributed by atoms with E-state index in [4.69, 9.17) is 5.41 Å². The number of benzene rings is 2. The lowest BCUT2D eigenvalue weighted by atomic mass is 9.86. The Kier molecular flexibility index (Phi) is 6.05. The highest BCUT2D eigenvalue weighted by Gasteiger charge is 2.32. The monoisotopic (exact) mass is 485 g/mol. The van der Waals surface area contributed by atoms with E-state index in [0.717, 1.165) is 33.4 Å². The zero-order valence-electron chi connectivity index (χ0n) is 20.5. The number of carbonyl (C=O) groups excluding carboxylic acids is 1. The van der Waals surface area contributed by atoms with Crippen molar-refractivity contribution in [1.82, 2.24) is 19.0 Å². The van der Waals surface area contributed by atoms with E-state index in [9.17, 15) is 14.3 Å². The largest absolute Gasteiger partial charge is 0.368 e. The number of hydrogen-bond donors (Lipinski definition) is 2. The Morgan fingerprint density at radius 2 is 1.86 bits per heavy atom. The van der Waals surface area contributed by atoms with Gasteiger partial charge in [0.05, 0.1) is 12.2 Å². The fourth-order valence-electron chi connectivity index (χ4n) is 4.88. The molecule has 0 spiro atoms. The van der Waals surface area contributed by atoms with Crippen LogP contribution in [0, 0.1) is 25.1 Å². The van der Waals surface area contributed by atoms with Gasteiger partial charge in [0.15, 0.2) is 6.23 Å². The normalized spacial score (nSPS) is 14.1. The number of nitrogens with zero attached hydrogens (tertiary/aromatic N) is 4. The van der Waals surface area contributed by atoms with Crippen LogP contribution >= 0.6 is 0 Å². The molecule has 1 aliphatic heterocycles. The number of nitrogens with one attached hydrogen (secondary N) is 1. The fourth-order valence-corrected chi connectivity index (χ4v) is 4.88. The lowest BCUT2D eigenvalue weighted by molar-refractivity contribution is 0.00215. The number of aliphatic hydroxyl groups is 1. The summed E-state index contributed by atoms with van der Waals surface area (Å²) in [5.74, 6) is -0.588. The first-order valence-corrected chi connectivity index (χ1v) is 11.8. The SMILES string of the molecule is Cc1ccnc([C@@H](O)N2CCc3c(cc(Cn4ccn(C)c4=N)cc3-c3ccc(F)cc3C)C2=O)c1. The second-order valence-electron chi connectivity index (χ2n) is 9.37. The van der Waals surface area contributed by atoms with Crippen molar-refractivity contribution in [3.63, 3.8) is 0 Å². The summed E-state index contributed by atoms with van der Waals surface area (Å²) in [5.41, 5.74) is 6.46. The van der Waals surface area contributed by atoms with Crippen LogP contribution in [0.15, 0.2) is 61.1 Å². The molecule has 0 radical (unpaired) electrons. The number of fused-ring (bicyclic) bond motifs is 1. The van der Waals surface area contributed by atoms with E-state index in [-0.39, 0.29) is 11.7 Å². The molecule has 36 heavy (non-hydrogen) atoms. The lowest BCUT2D eigenvalue weighted by Gasteiger charge is -2.34. The number of halogens is 1. The van der Waals surface area contributed by atoms with Crippen LogP contribution in [0.1, 0.15) is 44.5 Å². The smallest absolute Gasteiger partial charge is 0.256 e. The predicted octanol–water partition coefficient (Wildman–Crippen LogP) is 3.86. The van der Waals surface area contributed by atoms with Crippen molar-refractivity contribution in [1.29, 1.82) is 5.41 Å². The summed E-state index contributed by atoms with van der Waals surface area (Å²) < 4.78 is 17.4. The third kappa shape index (κ3) is 4.24. The van der Waals surface area contributed by atoms with Crippen molar-refractivity contribution in [2.75, 3.05) is 6.54 Å². The first-order chi connectivity index (χ1) is 17.2. The van der Waals surface area contributed by atoms with E-state index in [1.165, 1.54) is 17.0 Å². The van der Waals surface area contributed by atoms with Crippen LogP contribution in [0.3, 0.4) is 0 Å². The van der Waals surface area contributed by atoms with Crippen LogP contribution in [0.25, 0.3) is 11.1 Å². The fraction of sp³-hybridized carbons (Fsp3) is 0.250. The zero-order valence-corrected chi connectivity index (χ0v) is 20.5. The Balaban J connectivity index is 1.62. The maximum atomic E-state index is 13.9. The number of amides is 1. The molecule has 2 aromatic carbocycles. The Labute approximate surface area is 208 Å². The Bertz CT molecular complexity index is 1540. The third-order valence-electron chi connectivity index (χ3n) is 6.81. The van der Waals surface area contributed by atoms with Gasteiger partial charge in [-0.2, -0.15) is 0 Å². The van der Waals surface area contributed by atoms with Gasteiger partial charge in [-0.3, -0.25) is 15.2 Å². The lowest BCUT2D eigenvalue weighted by Crippen LogP contribution is -2.41. The molecule has 0 fully saturated rings. The van der Waals surface area contributed by atoms with Crippen molar-refractivity contribution in [2.45, 2.75) is 33.0 Å². The first kappa shape index (κ1) is 23.7. The first-order valence-electron chi connectivity index (χ1n) is 11.8. The van der Waals surface area contributed by atoms with Gasteiger partial charge in [-0.25, -0.2) is 4.39 Å². The minimum absolute atomic E-state index is 0.279. The summed E-state index contributed by atoms with van der Waals surface area (Å²) in [6.07, 6.45) is 4.64. The summed E-state index contributed by atoms with van der Waals surface area (Å²) in [7, 11) is 1.81. The molecule has 0 bridgehead atoms. The number of hydrogen-bond acceptors (Lipinski definition) is 4. The van der Waals surface area contributed by atoms with Gasteiger partial charge < -0.3 is 19.1 Å². The molecule has 0 saturated carbocycles. The van der Waals surface area contributed by atoms with E-state index in [1.807, 2.05) is 44.4 Å². The van der Waals surface area contributed by atoms with Gasteiger partial charge >= 0.3 is 0 Å². The molecule has 0 aliphatic carbocycles. The highest BCUT2D eigenvalue weighted by Crippen LogP contribution is 2.36. The Morgan fingerprint density at radius 3 is 2.56 bits per heavy atom. The third-order valence-corrected chi connectivity index (χ3v) is 6.81. The van der Waals surface area contributed by atoms with Gasteiger partial charge in [0.25, 0.3) is 5.91 Å². The molecule has 7 nitrogen and oxygen atoms in total. The molecule has 3 heterocycles. The molecule has 2 N–H and O–H groups in total. The van der Waals surface area contributed by atoms with Crippen molar-refractivity contribution in [3.05, 3.63) is 106 Å². The molecule has 1 atom stereocenters. The topological polar surface area (TPSA) is 87.1 Å². The maximum Gasteiger partial charge on any atom is 0.256 e. The summed E-state index contributed by atoms with van der Waals surface area (Å²) in [4.78, 5) is 19.5. The maximum absolute atomic E-state index is 13.9. The minimum atomic E-state index is -1.16. The number of aliphatic hydroxyl groups excluding tert-OH is 1. The summed E-state index contributed by atoms with van der Waals surface area (Å²) in [6, 6.07) is 12.2. The molecular weight excluding hydrogens is 457 g/mol. The van der Waals surface area contributed by atoms with E-state index < -0.39 is 6.23 Å². The number of aryl methyl sites for hydroxylation is 3. The van der Waals surface area contributed by atoms with Gasteiger partial charge in [-0.15, -0.1) is 0 Å². The predicted molar refractivity (Wildman–Crippen MR) is 134 cm³/mol.